The van der Waals surface area contributed by atoms with Crippen LogP contribution in [-0.4, -0.2) is 18.0 Å². The number of anilines is 1. The van der Waals surface area contributed by atoms with E-state index >= 15 is 0 Å². The first kappa shape index (κ1) is 15.8. The Morgan fingerprint density at radius 2 is 2.09 bits per heavy atom. The number of nitrogens with one attached hydrogen (secondary N) is 1. The molecule has 0 radical (unpaired) electrons. The number of hydrogen-bond donors (Lipinski definition) is 1. The molecule has 0 aliphatic rings. The fraction of sp³-hybridized carbons (Fsp3) is 0.0588. The normalized spacial score (nSPS) is 10.6. The lowest BCUT2D eigenvalue weighted by Crippen LogP contribution is -2.13. The highest BCUT2D eigenvalue weighted by atomic mass is 79.9. The van der Waals surface area contributed by atoms with Crippen molar-refractivity contribution in [2.24, 2.45) is 0 Å². The summed E-state index contributed by atoms with van der Waals surface area (Å²) in [6.45, 7) is 0. The van der Waals surface area contributed by atoms with E-state index in [0.29, 0.717) is 27.5 Å². The minimum atomic E-state index is -0.311. The summed E-state index contributed by atoms with van der Waals surface area (Å²) in [6, 6.07) is 12.4. The molecule has 0 bridgehead atoms. The van der Waals surface area contributed by atoms with Gasteiger partial charge < -0.3 is 10.1 Å². The summed E-state index contributed by atoms with van der Waals surface area (Å²) in [5.41, 5.74) is 1.69. The van der Waals surface area contributed by atoms with Gasteiger partial charge in [0, 0.05) is 21.1 Å². The van der Waals surface area contributed by atoms with Crippen molar-refractivity contribution in [1.82, 2.24) is 4.98 Å². The van der Waals surface area contributed by atoms with Crippen LogP contribution in [0.2, 0.25) is 5.02 Å². The van der Waals surface area contributed by atoms with Crippen LogP contribution in [0.1, 0.15) is 10.4 Å². The molecule has 3 rings (SSSR count). The molecule has 0 aliphatic carbocycles. The summed E-state index contributed by atoms with van der Waals surface area (Å²) in [5.74, 6) is 0.147. The summed E-state index contributed by atoms with van der Waals surface area (Å²) in [6.07, 6.45) is 1.69. The molecule has 1 N–H and O–H groups in total. The Hall–Kier alpha value is -2.11. The highest BCUT2D eigenvalue weighted by Gasteiger charge is 2.15. The van der Waals surface area contributed by atoms with Gasteiger partial charge in [-0.1, -0.05) is 33.6 Å². The third-order valence-corrected chi connectivity index (χ3v) is 4.02. The molecule has 1 aromatic heterocycles. The predicted octanol–water partition coefficient (Wildman–Crippen LogP) is 4.91. The third-order valence-electron chi connectivity index (χ3n) is 3.32. The topological polar surface area (TPSA) is 51.2 Å². The second-order valence-corrected chi connectivity index (χ2v) is 6.18. The maximum Gasteiger partial charge on any atom is 0.259 e. The third kappa shape index (κ3) is 3.30. The maximum atomic E-state index is 12.6. The summed E-state index contributed by atoms with van der Waals surface area (Å²) in [4.78, 5) is 16.9. The van der Waals surface area contributed by atoms with Gasteiger partial charge in [0.05, 0.1) is 23.9 Å². The van der Waals surface area contributed by atoms with Crippen LogP contribution in [0.25, 0.3) is 10.9 Å². The van der Waals surface area contributed by atoms with Crippen molar-refractivity contribution >= 4 is 50.0 Å². The molecule has 3 aromatic rings. The quantitative estimate of drug-likeness (QED) is 0.690. The minimum absolute atomic E-state index is 0.311. The van der Waals surface area contributed by atoms with Gasteiger partial charge in [0.25, 0.3) is 5.91 Å². The number of nitrogens with zero attached hydrogens (tertiary/aromatic N) is 1. The second kappa shape index (κ2) is 6.56. The van der Waals surface area contributed by atoms with E-state index < -0.39 is 0 Å². The number of carbonyl (C=O) groups is 1. The Kier molecular flexibility index (Phi) is 4.50. The molecule has 2 aromatic carbocycles. The molecule has 0 fully saturated rings. The van der Waals surface area contributed by atoms with Gasteiger partial charge in [-0.05, 0) is 36.4 Å². The lowest BCUT2D eigenvalue weighted by atomic mass is 10.1. The molecule has 0 saturated carbocycles. The van der Waals surface area contributed by atoms with Crippen molar-refractivity contribution in [3.63, 3.8) is 0 Å². The van der Waals surface area contributed by atoms with Gasteiger partial charge in [0.2, 0.25) is 0 Å². The molecule has 6 heteroatoms. The fourth-order valence-electron chi connectivity index (χ4n) is 2.30. The summed E-state index contributed by atoms with van der Waals surface area (Å²) in [5, 5.41) is 4.27. The van der Waals surface area contributed by atoms with E-state index in [1.54, 1.807) is 24.4 Å². The van der Waals surface area contributed by atoms with E-state index in [9.17, 15) is 4.79 Å². The van der Waals surface area contributed by atoms with Crippen LogP contribution in [0, 0.1) is 0 Å². The molecule has 23 heavy (non-hydrogen) atoms. The van der Waals surface area contributed by atoms with Crippen molar-refractivity contribution in [2.75, 3.05) is 12.4 Å². The molecule has 116 valence electrons. The van der Waals surface area contributed by atoms with Gasteiger partial charge >= 0.3 is 0 Å². The Bertz CT molecular complexity index is 899. The van der Waals surface area contributed by atoms with Crippen molar-refractivity contribution in [1.29, 1.82) is 0 Å². The maximum absolute atomic E-state index is 12.6. The molecule has 4 nitrogen and oxygen atoms in total. The van der Waals surface area contributed by atoms with Gasteiger partial charge in [-0.25, -0.2) is 0 Å². The molecule has 0 saturated heterocycles. The van der Waals surface area contributed by atoms with Crippen molar-refractivity contribution in [2.45, 2.75) is 0 Å². The van der Waals surface area contributed by atoms with E-state index in [-0.39, 0.29) is 5.91 Å². The fourth-order valence-corrected chi connectivity index (χ4v) is 2.95. The Morgan fingerprint density at radius 1 is 1.26 bits per heavy atom. The minimum Gasteiger partial charge on any atom is -0.496 e. The number of benzene rings is 2. The Morgan fingerprint density at radius 3 is 2.87 bits per heavy atom. The second-order valence-electron chi connectivity index (χ2n) is 4.83. The van der Waals surface area contributed by atoms with Crippen LogP contribution in [0.4, 0.5) is 5.69 Å². The van der Waals surface area contributed by atoms with E-state index in [2.05, 4.69) is 26.2 Å². The Balaban J connectivity index is 2.03. The number of ether oxygens (including phenoxy) is 1. The Labute approximate surface area is 146 Å². The molecule has 1 heterocycles. The molecule has 1 amide bonds. The van der Waals surface area contributed by atoms with Gasteiger partial charge in [0.15, 0.2) is 0 Å². The van der Waals surface area contributed by atoms with Crippen LogP contribution < -0.4 is 10.1 Å². The molecule has 0 aliphatic heterocycles. The lowest BCUT2D eigenvalue weighted by Gasteiger charge is -2.11. The average molecular weight is 392 g/mol. The largest absolute Gasteiger partial charge is 0.496 e. The lowest BCUT2D eigenvalue weighted by molar-refractivity contribution is 0.102. The van der Waals surface area contributed by atoms with Crippen molar-refractivity contribution < 1.29 is 9.53 Å². The number of rotatable bonds is 3. The number of carbonyl (C=O) groups excluding carboxylic acids is 1. The van der Waals surface area contributed by atoms with Crippen LogP contribution in [0.15, 0.2) is 53.1 Å². The summed E-state index contributed by atoms with van der Waals surface area (Å²) in [7, 11) is 1.51. The molecule has 0 unspecified atom stereocenters. The van der Waals surface area contributed by atoms with Gasteiger partial charge in [-0.15, -0.1) is 0 Å². The SMILES string of the molecule is COc1ccc(Cl)cc1C(=O)Nc1cc(Br)cc2cccnc12. The van der Waals surface area contributed by atoms with E-state index in [1.807, 2.05) is 24.3 Å². The van der Waals surface area contributed by atoms with Gasteiger partial charge in [-0.2, -0.15) is 0 Å². The first-order valence-corrected chi connectivity index (χ1v) is 7.95. The van der Waals surface area contributed by atoms with Gasteiger partial charge in [0.1, 0.15) is 5.75 Å². The van der Waals surface area contributed by atoms with Crippen LogP contribution in [0.3, 0.4) is 0 Å². The number of aromatic nitrogens is 1. The number of fused-ring (bicyclic) bond motifs is 1. The van der Waals surface area contributed by atoms with Crippen molar-refractivity contribution in [3.05, 3.63) is 63.7 Å². The zero-order valence-electron chi connectivity index (χ0n) is 12.1. The molecule has 0 atom stereocenters. The first-order valence-electron chi connectivity index (χ1n) is 6.77. The first-order chi connectivity index (χ1) is 11.1. The van der Waals surface area contributed by atoms with Gasteiger partial charge in [-0.3, -0.25) is 9.78 Å². The zero-order chi connectivity index (χ0) is 16.4. The number of hydrogen-bond acceptors (Lipinski definition) is 3. The standard InChI is InChI=1S/C17H12BrClN2O2/c1-23-15-5-4-12(19)9-13(15)17(22)21-14-8-11(18)7-10-3-2-6-20-16(10)14/h2-9H,1H3,(H,21,22). The molecule has 0 spiro atoms. The zero-order valence-corrected chi connectivity index (χ0v) is 14.5. The molecular formula is C17H12BrClN2O2. The summed E-state index contributed by atoms with van der Waals surface area (Å²) >= 11 is 9.43. The van der Waals surface area contributed by atoms with Crippen LogP contribution >= 0.6 is 27.5 Å². The smallest absolute Gasteiger partial charge is 0.259 e. The highest BCUT2D eigenvalue weighted by Crippen LogP contribution is 2.28. The van der Waals surface area contributed by atoms with E-state index in [4.69, 9.17) is 16.3 Å². The number of pyridine rings is 1. The average Bonchev–Trinajstić information content (AvgIpc) is 2.54. The van der Waals surface area contributed by atoms with Crippen LogP contribution in [0.5, 0.6) is 5.75 Å². The van der Waals surface area contributed by atoms with E-state index in [0.717, 1.165) is 9.86 Å². The predicted molar refractivity (Wildman–Crippen MR) is 95.4 cm³/mol. The summed E-state index contributed by atoms with van der Waals surface area (Å²) < 4.78 is 6.08. The monoisotopic (exact) mass is 390 g/mol. The highest BCUT2D eigenvalue weighted by molar-refractivity contribution is 9.10. The van der Waals surface area contributed by atoms with E-state index in [1.165, 1.54) is 7.11 Å². The number of methoxy groups -OCH3 is 1. The van der Waals surface area contributed by atoms with Crippen molar-refractivity contribution in [3.8, 4) is 5.75 Å². The number of halogens is 2. The van der Waals surface area contributed by atoms with Crippen LogP contribution in [-0.2, 0) is 0 Å². The molecular weight excluding hydrogens is 380 g/mol. The number of amides is 1.